The molecular weight excluding hydrogens is 168 g/mol. The molecule has 0 radical (unpaired) electrons. The van der Waals surface area contributed by atoms with Crippen LogP contribution in [0.4, 0.5) is 6.01 Å². The van der Waals surface area contributed by atoms with E-state index >= 15 is 0 Å². The van der Waals surface area contributed by atoms with Crippen molar-refractivity contribution in [3.8, 4) is 0 Å². The monoisotopic (exact) mass is 180 g/mol. The van der Waals surface area contributed by atoms with Gasteiger partial charge in [-0.3, -0.25) is 10.1 Å². The summed E-state index contributed by atoms with van der Waals surface area (Å²) in [5.74, 6) is -0.0321. The summed E-state index contributed by atoms with van der Waals surface area (Å²) in [5, 5.41) is 2.43. The molecule has 1 heterocycles. The first kappa shape index (κ1) is 9.51. The molecule has 1 N–H and O–H groups in total. The lowest BCUT2D eigenvalue weighted by Crippen LogP contribution is -2.07. The Kier molecular flexibility index (Phi) is 2.84. The quantitative estimate of drug-likeness (QED) is 0.723. The van der Waals surface area contributed by atoms with E-state index in [9.17, 15) is 4.79 Å². The van der Waals surface area contributed by atoms with Gasteiger partial charge in [0, 0.05) is 0 Å². The average Bonchev–Trinajstić information content (AvgIpc) is 2.52. The molecule has 4 heteroatoms. The Morgan fingerprint density at radius 1 is 1.77 bits per heavy atom. The molecule has 0 aliphatic carbocycles. The van der Waals surface area contributed by atoms with Gasteiger partial charge < -0.3 is 4.42 Å². The fourth-order valence-corrected chi connectivity index (χ4v) is 0.765. The predicted molar refractivity (Wildman–Crippen MR) is 49.4 cm³/mol. The van der Waals surface area contributed by atoms with Crippen LogP contribution in [0.5, 0.6) is 0 Å². The van der Waals surface area contributed by atoms with E-state index < -0.39 is 0 Å². The maximum absolute atomic E-state index is 10.8. The Hall–Kier alpha value is -1.58. The van der Waals surface area contributed by atoms with Crippen molar-refractivity contribution in [3.05, 3.63) is 24.6 Å². The highest BCUT2D eigenvalue weighted by atomic mass is 16.4. The van der Waals surface area contributed by atoms with Crippen LogP contribution in [-0.4, -0.2) is 10.9 Å². The van der Waals surface area contributed by atoms with Crippen molar-refractivity contribution in [3.63, 3.8) is 0 Å². The molecule has 0 saturated carbocycles. The highest BCUT2D eigenvalue weighted by molar-refractivity contribution is 5.97. The smallest absolute Gasteiger partial charge is 0.301 e. The van der Waals surface area contributed by atoms with Crippen LogP contribution in [0.25, 0.3) is 0 Å². The van der Waals surface area contributed by atoms with E-state index in [1.807, 2.05) is 13.8 Å². The minimum atomic E-state index is -0.322. The van der Waals surface area contributed by atoms with Gasteiger partial charge in [0.15, 0.2) is 0 Å². The van der Waals surface area contributed by atoms with Gasteiger partial charge in [-0.1, -0.05) is 20.4 Å². The summed E-state index contributed by atoms with van der Waals surface area (Å²) in [4.78, 5) is 14.9. The number of carbonyl (C=O) groups is 1. The van der Waals surface area contributed by atoms with E-state index in [1.54, 1.807) is 0 Å². The zero-order valence-corrected chi connectivity index (χ0v) is 7.70. The number of anilines is 1. The van der Waals surface area contributed by atoms with Crippen molar-refractivity contribution in [1.82, 2.24) is 4.98 Å². The number of hydrogen-bond acceptors (Lipinski definition) is 3. The maximum Gasteiger partial charge on any atom is 0.301 e. The van der Waals surface area contributed by atoms with Gasteiger partial charge in [0.25, 0.3) is 5.91 Å². The number of nitrogens with one attached hydrogen (secondary N) is 1. The zero-order chi connectivity index (χ0) is 9.84. The fraction of sp³-hybridized carbons (Fsp3) is 0.333. The maximum atomic E-state index is 10.8. The van der Waals surface area contributed by atoms with Gasteiger partial charge >= 0.3 is 6.01 Å². The van der Waals surface area contributed by atoms with Crippen molar-refractivity contribution in [2.75, 3.05) is 5.32 Å². The molecule has 0 unspecified atom stereocenters. The molecule has 0 atom stereocenters. The largest absolute Gasteiger partial charge is 0.432 e. The molecule has 0 fully saturated rings. The molecule has 70 valence electrons. The lowest BCUT2D eigenvalue weighted by atomic mass is 10.2. The normalized spacial score (nSPS) is 10.1. The molecule has 0 aliphatic rings. The lowest BCUT2D eigenvalue weighted by Gasteiger charge is -1.95. The average molecular weight is 180 g/mol. The molecule has 0 spiro atoms. The number of aromatic nitrogens is 1. The van der Waals surface area contributed by atoms with Gasteiger partial charge in [-0.05, 0) is 12.0 Å². The van der Waals surface area contributed by atoms with Crippen LogP contribution in [0.2, 0.25) is 0 Å². The third-order valence-electron chi connectivity index (χ3n) is 1.53. The van der Waals surface area contributed by atoms with Gasteiger partial charge in [0.1, 0.15) is 6.26 Å². The number of amides is 1. The van der Waals surface area contributed by atoms with E-state index in [-0.39, 0.29) is 17.8 Å². The summed E-state index contributed by atoms with van der Waals surface area (Å²) in [7, 11) is 0. The van der Waals surface area contributed by atoms with E-state index in [0.717, 1.165) is 5.69 Å². The third-order valence-corrected chi connectivity index (χ3v) is 1.53. The van der Waals surface area contributed by atoms with Crippen LogP contribution >= 0.6 is 0 Å². The van der Waals surface area contributed by atoms with Gasteiger partial charge in [0.05, 0.1) is 5.69 Å². The lowest BCUT2D eigenvalue weighted by molar-refractivity contribution is -0.112. The van der Waals surface area contributed by atoms with Crippen LogP contribution in [0.15, 0.2) is 23.3 Å². The topological polar surface area (TPSA) is 55.1 Å². The van der Waals surface area contributed by atoms with Crippen LogP contribution in [0, 0.1) is 0 Å². The Balaban J connectivity index is 2.69. The molecule has 1 amide bonds. The van der Waals surface area contributed by atoms with Crippen molar-refractivity contribution < 1.29 is 9.21 Å². The summed E-state index contributed by atoms with van der Waals surface area (Å²) in [6.07, 6.45) is 2.70. The van der Waals surface area contributed by atoms with E-state index in [0.29, 0.717) is 0 Å². The van der Waals surface area contributed by atoms with E-state index in [4.69, 9.17) is 4.42 Å². The zero-order valence-electron chi connectivity index (χ0n) is 7.70. The second-order valence-electron chi connectivity index (χ2n) is 2.93. The standard InChI is InChI=1S/C9H12N2O2/c1-4-8(12)11-9-10-7(5-13-9)6(2)3/h4-6H,1H2,2-3H3,(H,10,11,12). The van der Waals surface area contributed by atoms with Gasteiger partial charge in [-0.15, -0.1) is 0 Å². The SMILES string of the molecule is C=CC(=O)Nc1nc(C(C)C)co1. The molecule has 1 rings (SSSR count). The van der Waals surface area contributed by atoms with E-state index in [1.165, 1.54) is 12.3 Å². The van der Waals surface area contributed by atoms with Crippen molar-refractivity contribution >= 4 is 11.9 Å². The van der Waals surface area contributed by atoms with Crippen LogP contribution in [0.3, 0.4) is 0 Å². The van der Waals surface area contributed by atoms with Gasteiger partial charge in [-0.25, -0.2) is 0 Å². The van der Waals surface area contributed by atoms with E-state index in [2.05, 4.69) is 16.9 Å². The minimum absolute atomic E-state index is 0.216. The molecule has 0 bridgehead atoms. The second kappa shape index (κ2) is 3.89. The van der Waals surface area contributed by atoms with Crippen LogP contribution < -0.4 is 5.32 Å². The Labute approximate surface area is 76.7 Å². The minimum Gasteiger partial charge on any atom is -0.432 e. The first-order valence-corrected chi connectivity index (χ1v) is 4.02. The first-order chi connectivity index (χ1) is 6.13. The Bertz CT molecular complexity index is 315. The third kappa shape index (κ3) is 2.43. The second-order valence-corrected chi connectivity index (χ2v) is 2.93. The van der Waals surface area contributed by atoms with Crippen molar-refractivity contribution in [2.24, 2.45) is 0 Å². The van der Waals surface area contributed by atoms with Gasteiger partial charge in [-0.2, -0.15) is 4.98 Å². The van der Waals surface area contributed by atoms with Crippen molar-refractivity contribution in [2.45, 2.75) is 19.8 Å². The van der Waals surface area contributed by atoms with Gasteiger partial charge in [0.2, 0.25) is 0 Å². The first-order valence-electron chi connectivity index (χ1n) is 4.02. The Morgan fingerprint density at radius 2 is 2.46 bits per heavy atom. The Morgan fingerprint density at radius 3 is 2.92 bits per heavy atom. The summed E-state index contributed by atoms with van der Waals surface area (Å²) in [6, 6.07) is 0.216. The molecule has 0 aromatic carbocycles. The highest BCUT2D eigenvalue weighted by Crippen LogP contribution is 2.15. The predicted octanol–water partition coefficient (Wildman–Crippen LogP) is 1.92. The number of nitrogens with zero attached hydrogens (tertiary/aromatic N) is 1. The number of oxazole rings is 1. The molecule has 13 heavy (non-hydrogen) atoms. The van der Waals surface area contributed by atoms with Crippen LogP contribution in [0.1, 0.15) is 25.5 Å². The molecule has 1 aromatic heterocycles. The summed E-state index contributed by atoms with van der Waals surface area (Å²) in [6.45, 7) is 7.31. The molecular formula is C9H12N2O2. The van der Waals surface area contributed by atoms with Crippen LogP contribution in [-0.2, 0) is 4.79 Å². The number of hydrogen-bond donors (Lipinski definition) is 1. The molecule has 0 saturated heterocycles. The number of carbonyl (C=O) groups excluding carboxylic acids is 1. The molecule has 0 aliphatic heterocycles. The summed E-state index contributed by atoms with van der Waals surface area (Å²) in [5.41, 5.74) is 0.819. The fourth-order valence-electron chi connectivity index (χ4n) is 0.765. The summed E-state index contributed by atoms with van der Waals surface area (Å²) < 4.78 is 5.01. The van der Waals surface area contributed by atoms with Crippen molar-refractivity contribution in [1.29, 1.82) is 0 Å². The summed E-state index contributed by atoms with van der Waals surface area (Å²) >= 11 is 0. The number of rotatable bonds is 3. The molecule has 1 aromatic rings. The highest BCUT2D eigenvalue weighted by Gasteiger charge is 2.07. The molecule has 4 nitrogen and oxygen atoms in total.